The maximum atomic E-state index is 12.9. The Labute approximate surface area is 120 Å². The summed E-state index contributed by atoms with van der Waals surface area (Å²) in [6.45, 7) is 7.44. The van der Waals surface area contributed by atoms with E-state index in [4.69, 9.17) is 10.5 Å². The second-order valence-corrected chi connectivity index (χ2v) is 7.12. The number of anilines is 1. The third-order valence-corrected chi connectivity index (χ3v) is 5.93. The van der Waals surface area contributed by atoms with Crippen LogP contribution in [0.15, 0.2) is 11.0 Å². The van der Waals surface area contributed by atoms with E-state index < -0.39 is 10.0 Å². The maximum absolute atomic E-state index is 12.9. The van der Waals surface area contributed by atoms with Crippen LogP contribution in [-0.2, 0) is 14.8 Å². The molecule has 1 saturated heterocycles. The number of sulfonamides is 1. The Hall–Kier alpha value is -1.11. The monoisotopic (exact) mass is 298 g/mol. The standard InChI is InChI=1S/C14H22N2O3S/c1-10-9-11(2)14(12(3)13(10)15)20(17,18)16-5-4-7-19-8-6-16/h9H,4-8,15H2,1-3H3. The second kappa shape index (κ2) is 5.71. The molecular weight excluding hydrogens is 276 g/mol. The average molecular weight is 298 g/mol. The van der Waals surface area contributed by atoms with Crippen molar-refractivity contribution in [1.82, 2.24) is 4.31 Å². The van der Waals surface area contributed by atoms with Crippen LogP contribution < -0.4 is 5.73 Å². The number of hydrogen-bond donors (Lipinski definition) is 1. The van der Waals surface area contributed by atoms with E-state index in [2.05, 4.69) is 0 Å². The van der Waals surface area contributed by atoms with Gasteiger partial charge in [-0.15, -0.1) is 0 Å². The van der Waals surface area contributed by atoms with Crippen molar-refractivity contribution in [2.45, 2.75) is 32.1 Å². The molecule has 1 aliphatic rings. The Kier molecular flexibility index (Phi) is 4.36. The fourth-order valence-corrected chi connectivity index (χ4v) is 4.58. The SMILES string of the molecule is Cc1cc(C)c(S(=O)(=O)N2CCCOCC2)c(C)c1N. The highest BCUT2D eigenvalue weighted by Crippen LogP contribution is 2.30. The molecule has 1 fully saturated rings. The first-order valence-corrected chi connectivity index (χ1v) is 8.24. The van der Waals surface area contributed by atoms with Crippen molar-refractivity contribution in [3.8, 4) is 0 Å². The lowest BCUT2D eigenvalue weighted by molar-refractivity contribution is 0.148. The Morgan fingerprint density at radius 3 is 2.55 bits per heavy atom. The first-order valence-electron chi connectivity index (χ1n) is 6.80. The van der Waals surface area contributed by atoms with Gasteiger partial charge in [0.2, 0.25) is 10.0 Å². The van der Waals surface area contributed by atoms with Gasteiger partial charge in [-0.05, 0) is 43.9 Å². The van der Waals surface area contributed by atoms with Gasteiger partial charge in [0.15, 0.2) is 0 Å². The van der Waals surface area contributed by atoms with E-state index >= 15 is 0 Å². The number of nitrogen functional groups attached to an aromatic ring is 1. The molecule has 112 valence electrons. The van der Waals surface area contributed by atoms with Gasteiger partial charge in [0, 0.05) is 25.4 Å². The highest BCUT2D eigenvalue weighted by atomic mass is 32.2. The van der Waals surface area contributed by atoms with Crippen molar-refractivity contribution in [1.29, 1.82) is 0 Å². The largest absolute Gasteiger partial charge is 0.398 e. The minimum absolute atomic E-state index is 0.350. The molecule has 2 rings (SSSR count). The van der Waals surface area contributed by atoms with Crippen molar-refractivity contribution in [2.75, 3.05) is 32.0 Å². The molecule has 1 heterocycles. The molecule has 0 radical (unpaired) electrons. The summed E-state index contributed by atoms with van der Waals surface area (Å²) < 4.78 is 32.6. The van der Waals surface area contributed by atoms with Crippen molar-refractivity contribution in [3.05, 3.63) is 22.8 Å². The average Bonchev–Trinajstić information content (AvgIpc) is 2.65. The molecule has 1 aromatic rings. The molecule has 5 nitrogen and oxygen atoms in total. The molecule has 1 aliphatic heterocycles. The molecular formula is C14H22N2O3S. The first kappa shape index (κ1) is 15.3. The van der Waals surface area contributed by atoms with Gasteiger partial charge in [-0.25, -0.2) is 8.42 Å². The van der Waals surface area contributed by atoms with Crippen LogP contribution in [0.25, 0.3) is 0 Å². The molecule has 0 amide bonds. The Morgan fingerprint density at radius 1 is 1.15 bits per heavy atom. The summed E-state index contributed by atoms with van der Waals surface area (Å²) in [7, 11) is -3.51. The molecule has 2 N–H and O–H groups in total. The van der Waals surface area contributed by atoms with Gasteiger partial charge in [-0.1, -0.05) is 6.07 Å². The van der Waals surface area contributed by atoms with E-state index in [-0.39, 0.29) is 0 Å². The summed E-state index contributed by atoms with van der Waals surface area (Å²) >= 11 is 0. The van der Waals surface area contributed by atoms with Gasteiger partial charge in [0.05, 0.1) is 11.5 Å². The van der Waals surface area contributed by atoms with Crippen molar-refractivity contribution in [3.63, 3.8) is 0 Å². The molecule has 0 aromatic heterocycles. The third-order valence-electron chi connectivity index (χ3n) is 3.74. The molecule has 0 unspecified atom stereocenters. The molecule has 0 bridgehead atoms. The predicted octanol–water partition coefficient (Wildman–Crippen LogP) is 1.61. The normalized spacial score (nSPS) is 17.9. The third kappa shape index (κ3) is 2.68. The van der Waals surface area contributed by atoms with Crippen molar-refractivity contribution < 1.29 is 13.2 Å². The smallest absolute Gasteiger partial charge is 0.243 e. The predicted molar refractivity (Wildman–Crippen MR) is 79.3 cm³/mol. The zero-order chi connectivity index (χ0) is 14.9. The maximum Gasteiger partial charge on any atom is 0.243 e. The summed E-state index contributed by atoms with van der Waals surface area (Å²) in [6.07, 6.45) is 0.721. The molecule has 0 atom stereocenters. The van der Waals surface area contributed by atoms with Crippen molar-refractivity contribution in [2.24, 2.45) is 0 Å². The van der Waals surface area contributed by atoms with E-state index in [0.29, 0.717) is 42.4 Å². The van der Waals surface area contributed by atoms with Gasteiger partial charge in [0.1, 0.15) is 0 Å². The Morgan fingerprint density at radius 2 is 1.85 bits per heavy atom. The Bertz CT molecular complexity index is 603. The quantitative estimate of drug-likeness (QED) is 0.842. The number of ether oxygens (including phenoxy) is 1. The molecule has 20 heavy (non-hydrogen) atoms. The summed E-state index contributed by atoms with van der Waals surface area (Å²) in [5.74, 6) is 0. The second-order valence-electron chi connectivity index (χ2n) is 5.25. The lowest BCUT2D eigenvalue weighted by Crippen LogP contribution is -2.34. The molecule has 0 spiro atoms. The number of aryl methyl sites for hydroxylation is 2. The fraction of sp³-hybridized carbons (Fsp3) is 0.571. The van der Waals surface area contributed by atoms with Crippen LogP contribution in [0, 0.1) is 20.8 Å². The topological polar surface area (TPSA) is 72.6 Å². The number of hydrogen-bond acceptors (Lipinski definition) is 4. The van der Waals surface area contributed by atoms with E-state index in [0.717, 1.165) is 17.5 Å². The minimum Gasteiger partial charge on any atom is -0.398 e. The summed E-state index contributed by atoms with van der Waals surface area (Å²) in [6, 6.07) is 1.84. The van der Waals surface area contributed by atoms with Crippen molar-refractivity contribution >= 4 is 15.7 Å². The molecule has 0 aliphatic carbocycles. The minimum atomic E-state index is -3.51. The zero-order valence-corrected chi connectivity index (χ0v) is 13.1. The van der Waals surface area contributed by atoms with Crippen LogP contribution in [0.5, 0.6) is 0 Å². The molecule has 0 saturated carbocycles. The van der Waals surface area contributed by atoms with Gasteiger partial charge in [-0.3, -0.25) is 0 Å². The summed E-state index contributed by atoms with van der Waals surface area (Å²) in [4.78, 5) is 0.350. The summed E-state index contributed by atoms with van der Waals surface area (Å²) in [5, 5.41) is 0. The van der Waals surface area contributed by atoms with Gasteiger partial charge < -0.3 is 10.5 Å². The highest BCUT2D eigenvalue weighted by molar-refractivity contribution is 7.89. The number of nitrogens with two attached hydrogens (primary N) is 1. The lowest BCUT2D eigenvalue weighted by Gasteiger charge is -2.23. The number of benzene rings is 1. The fourth-order valence-electron chi connectivity index (χ4n) is 2.67. The first-order chi connectivity index (χ1) is 9.35. The molecule has 1 aromatic carbocycles. The van der Waals surface area contributed by atoms with Crippen LogP contribution in [0.4, 0.5) is 5.69 Å². The van der Waals surface area contributed by atoms with E-state index in [9.17, 15) is 8.42 Å². The highest BCUT2D eigenvalue weighted by Gasteiger charge is 2.29. The van der Waals surface area contributed by atoms with Crippen LogP contribution in [-0.4, -0.2) is 39.0 Å². The number of nitrogens with zero attached hydrogens (tertiary/aromatic N) is 1. The van der Waals surface area contributed by atoms with Crippen LogP contribution >= 0.6 is 0 Å². The Balaban J connectivity index is 2.51. The molecule has 6 heteroatoms. The summed E-state index contributed by atoms with van der Waals surface area (Å²) in [5.41, 5.74) is 8.87. The number of rotatable bonds is 2. The zero-order valence-electron chi connectivity index (χ0n) is 12.3. The van der Waals surface area contributed by atoms with Crippen LogP contribution in [0.1, 0.15) is 23.1 Å². The van der Waals surface area contributed by atoms with E-state index in [1.54, 1.807) is 6.92 Å². The van der Waals surface area contributed by atoms with Gasteiger partial charge in [0.25, 0.3) is 0 Å². The lowest BCUT2D eigenvalue weighted by atomic mass is 10.1. The van der Waals surface area contributed by atoms with E-state index in [1.807, 2.05) is 19.9 Å². The van der Waals surface area contributed by atoms with E-state index in [1.165, 1.54) is 4.31 Å². The van der Waals surface area contributed by atoms with Crippen LogP contribution in [0.3, 0.4) is 0 Å². The van der Waals surface area contributed by atoms with Gasteiger partial charge in [-0.2, -0.15) is 4.31 Å². The van der Waals surface area contributed by atoms with Crippen LogP contribution in [0.2, 0.25) is 0 Å². The van der Waals surface area contributed by atoms with Gasteiger partial charge >= 0.3 is 0 Å².